The molecule has 0 aliphatic carbocycles. The van der Waals surface area contributed by atoms with Crippen LogP contribution in [-0.2, 0) is 6.42 Å². The van der Waals surface area contributed by atoms with E-state index in [0.29, 0.717) is 22.9 Å². The summed E-state index contributed by atoms with van der Waals surface area (Å²) in [6.45, 7) is 0.583. The lowest BCUT2D eigenvalue weighted by atomic mass is 9.91. The zero-order valence-electron chi connectivity index (χ0n) is 17.9. The summed E-state index contributed by atoms with van der Waals surface area (Å²) in [4.78, 5) is 19.2. The molecule has 3 aromatic carbocycles. The van der Waals surface area contributed by atoms with Crippen LogP contribution in [0.5, 0.6) is 11.5 Å². The van der Waals surface area contributed by atoms with E-state index < -0.39 is 0 Å². The van der Waals surface area contributed by atoms with Crippen LogP contribution in [0.15, 0.2) is 66.7 Å². The van der Waals surface area contributed by atoms with Gasteiger partial charge in [0.15, 0.2) is 0 Å². The first-order valence-electron chi connectivity index (χ1n) is 10.5. The van der Waals surface area contributed by atoms with Crippen LogP contribution in [0.3, 0.4) is 0 Å². The van der Waals surface area contributed by atoms with Gasteiger partial charge in [0.1, 0.15) is 11.5 Å². The fourth-order valence-electron chi connectivity index (χ4n) is 4.59. The second kappa shape index (κ2) is 8.24. The summed E-state index contributed by atoms with van der Waals surface area (Å²) < 4.78 is 10.8. The van der Waals surface area contributed by atoms with Crippen molar-refractivity contribution < 1.29 is 14.3 Å². The minimum atomic E-state index is -0.270. The molecule has 162 valence electrons. The number of carbonyl (C=O) groups excluding carboxylic acids is 1. The number of hydrogen-bond donors (Lipinski definition) is 1. The van der Waals surface area contributed by atoms with Crippen LogP contribution in [0, 0.1) is 0 Å². The highest BCUT2D eigenvalue weighted by atomic mass is 35.5. The van der Waals surface area contributed by atoms with Gasteiger partial charge < -0.3 is 19.4 Å². The second-order valence-electron chi connectivity index (χ2n) is 7.83. The quantitative estimate of drug-likeness (QED) is 0.442. The molecule has 1 aliphatic heterocycles. The third-order valence-corrected chi connectivity index (χ3v) is 6.35. The Bertz CT molecular complexity index is 1300. The Morgan fingerprint density at radius 1 is 1.03 bits per heavy atom. The fourth-order valence-corrected chi connectivity index (χ4v) is 4.76. The number of hydrogen-bond acceptors (Lipinski definition) is 3. The van der Waals surface area contributed by atoms with Crippen molar-refractivity contribution in [3.8, 4) is 11.5 Å². The molecular formula is C26H23ClN2O3. The molecule has 2 heterocycles. The van der Waals surface area contributed by atoms with Crippen LogP contribution in [-0.4, -0.2) is 36.6 Å². The lowest BCUT2D eigenvalue weighted by Crippen LogP contribution is -2.40. The molecule has 0 saturated heterocycles. The van der Waals surface area contributed by atoms with Gasteiger partial charge in [-0.3, -0.25) is 4.79 Å². The van der Waals surface area contributed by atoms with Gasteiger partial charge in [-0.15, -0.1) is 0 Å². The minimum Gasteiger partial charge on any atom is -0.497 e. The predicted molar refractivity (Wildman–Crippen MR) is 126 cm³/mol. The Morgan fingerprint density at radius 2 is 1.81 bits per heavy atom. The summed E-state index contributed by atoms with van der Waals surface area (Å²) in [5.41, 5.74) is 4.79. The lowest BCUT2D eigenvalue weighted by Gasteiger charge is -2.36. The number of ether oxygens (including phenoxy) is 2. The largest absolute Gasteiger partial charge is 0.497 e. The van der Waals surface area contributed by atoms with E-state index in [4.69, 9.17) is 21.1 Å². The normalized spacial score (nSPS) is 15.5. The molecule has 1 unspecified atom stereocenters. The van der Waals surface area contributed by atoms with E-state index in [9.17, 15) is 4.79 Å². The highest BCUT2D eigenvalue weighted by Crippen LogP contribution is 2.40. The Labute approximate surface area is 191 Å². The van der Waals surface area contributed by atoms with Crippen molar-refractivity contribution >= 4 is 28.4 Å². The van der Waals surface area contributed by atoms with Gasteiger partial charge in [-0.1, -0.05) is 35.9 Å². The number of H-pyrrole nitrogens is 1. The van der Waals surface area contributed by atoms with Gasteiger partial charge in [-0.05, 0) is 60.0 Å². The number of para-hydroxylation sites is 1. The minimum absolute atomic E-state index is 0.0643. The number of fused-ring (bicyclic) bond motifs is 3. The third-order valence-electron chi connectivity index (χ3n) is 6.12. The number of benzene rings is 3. The van der Waals surface area contributed by atoms with Crippen molar-refractivity contribution in [1.29, 1.82) is 0 Å². The molecule has 1 aliphatic rings. The number of aromatic amines is 1. The van der Waals surface area contributed by atoms with Gasteiger partial charge in [-0.25, -0.2) is 0 Å². The maximum atomic E-state index is 13.8. The summed E-state index contributed by atoms with van der Waals surface area (Å²) in [6.07, 6.45) is 0.739. The van der Waals surface area contributed by atoms with Crippen molar-refractivity contribution in [2.24, 2.45) is 0 Å². The van der Waals surface area contributed by atoms with Gasteiger partial charge in [0.2, 0.25) is 0 Å². The molecule has 6 heteroatoms. The number of carbonyl (C=O) groups is 1. The van der Waals surface area contributed by atoms with E-state index in [1.54, 1.807) is 14.2 Å². The van der Waals surface area contributed by atoms with E-state index in [1.807, 2.05) is 71.6 Å². The van der Waals surface area contributed by atoms with E-state index in [1.165, 1.54) is 5.56 Å². The van der Waals surface area contributed by atoms with Crippen molar-refractivity contribution in [3.05, 3.63) is 94.1 Å². The van der Waals surface area contributed by atoms with Crippen LogP contribution in [0.2, 0.25) is 5.02 Å². The monoisotopic (exact) mass is 446 g/mol. The summed E-state index contributed by atoms with van der Waals surface area (Å²) in [7, 11) is 3.23. The van der Waals surface area contributed by atoms with Crippen LogP contribution < -0.4 is 9.47 Å². The maximum Gasteiger partial charge on any atom is 0.258 e. The number of aromatic nitrogens is 1. The third kappa shape index (κ3) is 3.39. The SMILES string of the molecule is COc1ccc(C2c3[nH]c4ccc(Cl)cc4c3CCN2C(=O)c2ccccc2OC)cc1. The average molecular weight is 447 g/mol. The lowest BCUT2D eigenvalue weighted by molar-refractivity contribution is 0.0688. The number of halogens is 1. The Kier molecular flexibility index (Phi) is 5.27. The zero-order chi connectivity index (χ0) is 22.2. The van der Waals surface area contributed by atoms with Crippen molar-refractivity contribution in [2.75, 3.05) is 20.8 Å². The molecule has 5 rings (SSSR count). The fraction of sp³-hybridized carbons (Fsp3) is 0.192. The Balaban J connectivity index is 1.66. The van der Waals surface area contributed by atoms with Gasteiger partial charge in [0, 0.05) is 28.2 Å². The first kappa shape index (κ1) is 20.5. The molecule has 0 radical (unpaired) electrons. The van der Waals surface area contributed by atoms with Gasteiger partial charge in [0.05, 0.1) is 25.8 Å². The summed E-state index contributed by atoms with van der Waals surface area (Å²) in [6, 6.07) is 20.8. The molecule has 1 N–H and O–H groups in total. The molecule has 0 spiro atoms. The smallest absolute Gasteiger partial charge is 0.258 e. The first-order chi connectivity index (χ1) is 15.6. The van der Waals surface area contributed by atoms with Crippen LogP contribution in [0.1, 0.15) is 33.2 Å². The topological polar surface area (TPSA) is 54.6 Å². The number of rotatable bonds is 4. The second-order valence-corrected chi connectivity index (χ2v) is 8.27. The molecule has 1 amide bonds. The van der Waals surface area contributed by atoms with Crippen molar-refractivity contribution in [3.63, 3.8) is 0 Å². The molecule has 0 bridgehead atoms. The standard InChI is InChI=1S/C26H23ClN2O3/c1-31-18-10-7-16(8-11-18)25-24-19(21-15-17(27)9-12-22(21)28-24)13-14-29(25)26(30)20-5-3-4-6-23(20)32-2/h3-12,15,25,28H,13-14H2,1-2H3. The number of amides is 1. The van der Waals surface area contributed by atoms with Crippen molar-refractivity contribution in [1.82, 2.24) is 9.88 Å². The summed E-state index contributed by atoms with van der Waals surface area (Å²) >= 11 is 6.29. The van der Waals surface area contributed by atoms with E-state index in [0.717, 1.165) is 34.3 Å². The molecule has 0 saturated carbocycles. The van der Waals surface area contributed by atoms with Gasteiger partial charge in [-0.2, -0.15) is 0 Å². The Morgan fingerprint density at radius 3 is 2.56 bits per heavy atom. The van der Waals surface area contributed by atoms with Crippen LogP contribution >= 0.6 is 11.6 Å². The van der Waals surface area contributed by atoms with Gasteiger partial charge in [0.25, 0.3) is 5.91 Å². The molecule has 4 aromatic rings. The molecule has 1 atom stereocenters. The van der Waals surface area contributed by atoms with E-state index in [-0.39, 0.29) is 11.9 Å². The highest BCUT2D eigenvalue weighted by molar-refractivity contribution is 6.31. The molecule has 1 aromatic heterocycles. The maximum absolute atomic E-state index is 13.8. The summed E-state index contributed by atoms with van der Waals surface area (Å²) in [5.74, 6) is 1.28. The number of methoxy groups -OCH3 is 2. The number of nitrogens with one attached hydrogen (secondary N) is 1. The summed E-state index contributed by atoms with van der Waals surface area (Å²) in [5, 5.41) is 1.81. The zero-order valence-corrected chi connectivity index (χ0v) is 18.6. The number of nitrogens with zero attached hydrogens (tertiary/aromatic N) is 1. The highest BCUT2D eigenvalue weighted by Gasteiger charge is 2.35. The van der Waals surface area contributed by atoms with Crippen LogP contribution in [0.4, 0.5) is 0 Å². The first-order valence-corrected chi connectivity index (χ1v) is 10.9. The average Bonchev–Trinajstić information content (AvgIpc) is 3.20. The predicted octanol–water partition coefficient (Wildman–Crippen LogP) is 5.63. The van der Waals surface area contributed by atoms with E-state index in [2.05, 4.69) is 4.98 Å². The van der Waals surface area contributed by atoms with Crippen LogP contribution in [0.25, 0.3) is 10.9 Å². The van der Waals surface area contributed by atoms with E-state index >= 15 is 0 Å². The molecule has 5 nitrogen and oxygen atoms in total. The molecule has 32 heavy (non-hydrogen) atoms. The Hall–Kier alpha value is -3.44. The molecule has 0 fully saturated rings. The molecular weight excluding hydrogens is 424 g/mol. The van der Waals surface area contributed by atoms with Gasteiger partial charge >= 0.3 is 0 Å². The van der Waals surface area contributed by atoms with Crippen molar-refractivity contribution in [2.45, 2.75) is 12.5 Å².